The Hall–Kier alpha value is -2.95. The highest BCUT2D eigenvalue weighted by Crippen LogP contribution is 2.13. The highest BCUT2D eigenvalue weighted by Gasteiger charge is 2.09. The van der Waals surface area contributed by atoms with Crippen LogP contribution >= 0.6 is 0 Å². The van der Waals surface area contributed by atoms with Crippen molar-refractivity contribution in [3.05, 3.63) is 70.6 Å². The van der Waals surface area contributed by atoms with E-state index in [2.05, 4.69) is 5.10 Å². The van der Waals surface area contributed by atoms with Crippen LogP contribution in [0.2, 0.25) is 0 Å². The Balaban J connectivity index is 2.25. The van der Waals surface area contributed by atoms with Crippen molar-refractivity contribution in [2.45, 2.75) is 0 Å². The van der Waals surface area contributed by atoms with E-state index in [9.17, 15) is 9.59 Å². The molecule has 3 aromatic rings. The molecule has 3 rings (SSSR count). The molecule has 1 heterocycles. The fourth-order valence-electron chi connectivity index (χ4n) is 2.04. The Morgan fingerprint density at radius 2 is 1.85 bits per heavy atom. The van der Waals surface area contributed by atoms with Crippen LogP contribution in [0, 0.1) is 0 Å². The van der Waals surface area contributed by atoms with Crippen molar-refractivity contribution in [3.63, 3.8) is 0 Å². The first kappa shape index (κ1) is 12.1. The van der Waals surface area contributed by atoms with Crippen molar-refractivity contribution < 1.29 is 9.90 Å². The number of fused-ring (bicyclic) bond motifs is 1. The Bertz CT molecular complexity index is 854. The molecule has 0 saturated carbocycles. The number of nitrogens with zero attached hydrogens (tertiary/aromatic N) is 2. The number of carboxylic acids is 1. The van der Waals surface area contributed by atoms with Gasteiger partial charge in [0.05, 0.1) is 22.8 Å². The van der Waals surface area contributed by atoms with Crippen LogP contribution in [0.25, 0.3) is 16.5 Å². The third kappa shape index (κ3) is 1.95. The van der Waals surface area contributed by atoms with Crippen molar-refractivity contribution in [3.8, 4) is 5.69 Å². The average molecular weight is 266 g/mol. The van der Waals surface area contributed by atoms with Gasteiger partial charge < -0.3 is 5.11 Å². The highest BCUT2D eigenvalue weighted by atomic mass is 16.4. The molecule has 0 aliphatic heterocycles. The quantitative estimate of drug-likeness (QED) is 0.770. The number of rotatable bonds is 2. The van der Waals surface area contributed by atoms with Gasteiger partial charge in [-0.05, 0) is 30.3 Å². The van der Waals surface area contributed by atoms with E-state index in [1.54, 1.807) is 12.1 Å². The molecular formula is C15H10N2O3. The Kier molecular flexibility index (Phi) is 2.80. The lowest BCUT2D eigenvalue weighted by Crippen LogP contribution is -2.20. The highest BCUT2D eigenvalue weighted by molar-refractivity contribution is 5.93. The molecule has 0 atom stereocenters. The van der Waals surface area contributed by atoms with Gasteiger partial charge in [-0.2, -0.15) is 9.78 Å². The van der Waals surface area contributed by atoms with Gasteiger partial charge in [0, 0.05) is 5.39 Å². The first-order valence-electron chi connectivity index (χ1n) is 5.97. The van der Waals surface area contributed by atoms with E-state index in [0.717, 1.165) is 0 Å². The van der Waals surface area contributed by atoms with Crippen LogP contribution in [-0.2, 0) is 0 Å². The van der Waals surface area contributed by atoms with Crippen LogP contribution in [0.3, 0.4) is 0 Å². The molecule has 0 saturated heterocycles. The van der Waals surface area contributed by atoms with Crippen molar-refractivity contribution in [1.82, 2.24) is 9.78 Å². The first-order chi connectivity index (χ1) is 9.66. The molecule has 0 spiro atoms. The summed E-state index contributed by atoms with van der Waals surface area (Å²) in [7, 11) is 0. The van der Waals surface area contributed by atoms with E-state index in [0.29, 0.717) is 16.5 Å². The first-order valence-corrected chi connectivity index (χ1v) is 5.97. The van der Waals surface area contributed by atoms with Gasteiger partial charge in [0.2, 0.25) is 0 Å². The molecule has 0 unspecified atom stereocenters. The molecule has 0 aliphatic carbocycles. The van der Waals surface area contributed by atoms with Gasteiger partial charge in [0.1, 0.15) is 0 Å². The molecule has 0 fully saturated rings. The van der Waals surface area contributed by atoms with E-state index in [1.807, 2.05) is 18.2 Å². The molecule has 0 radical (unpaired) electrons. The maximum absolute atomic E-state index is 12.4. The Labute approximate surface area is 113 Å². The third-order valence-electron chi connectivity index (χ3n) is 3.03. The van der Waals surface area contributed by atoms with E-state index >= 15 is 0 Å². The lowest BCUT2D eigenvalue weighted by molar-refractivity contribution is 0.0697. The number of benzene rings is 2. The number of hydrogen-bond donors (Lipinski definition) is 1. The topological polar surface area (TPSA) is 72.2 Å². The predicted molar refractivity (Wildman–Crippen MR) is 74.3 cm³/mol. The summed E-state index contributed by atoms with van der Waals surface area (Å²) >= 11 is 0. The zero-order chi connectivity index (χ0) is 14.1. The van der Waals surface area contributed by atoms with E-state index in [-0.39, 0.29) is 11.1 Å². The summed E-state index contributed by atoms with van der Waals surface area (Å²) in [6, 6.07) is 13.4. The number of hydrogen-bond acceptors (Lipinski definition) is 3. The van der Waals surface area contributed by atoms with Crippen LogP contribution in [-0.4, -0.2) is 20.9 Å². The minimum atomic E-state index is -1.03. The monoisotopic (exact) mass is 266 g/mol. The predicted octanol–water partition coefficient (Wildman–Crippen LogP) is 2.08. The number of carboxylic acid groups (broad SMARTS) is 1. The second kappa shape index (κ2) is 4.62. The third-order valence-corrected chi connectivity index (χ3v) is 3.03. The average Bonchev–Trinajstić information content (AvgIpc) is 2.48. The van der Waals surface area contributed by atoms with Crippen molar-refractivity contribution in [1.29, 1.82) is 0 Å². The van der Waals surface area contributed by atoms with Crippen LogP contribution in [0.15, 0.2) is 59.5 Å². The normalized spacial score (nSPS) is 10.6. The van der Waals surface area contributed by atoms with Crippen LogP contribution in [0.1, 0.15) is 10.4 Å². The van der Waals surface area contributed by atoms with E-state index in [4.69, 9.17) is 5.11 Å². The SMILES string of the molecule is O=C(O)c1ccc2c(=O)n(-c3ccccc3)ncc2c1. The molecule has 5 nitrogen and oxygen atoms in total. The molecule has 20 heavy (non-hydrogen) atoms. The van der Waals surface area contributed by atoms with Crippen molar-refractivity contribution in [2.75, 3.05) is 0 Å². The van der Waals surface area contributed by atoms with Crippen LogP contribution in [0.5, 0.6) is 0 Å². The summed E-state index contributed by atoms with van der Waals surface area (Å²) in [5.41, 5.74) is 0.531. The molecule has 1 N–H and O–H groups in total. The largest absolute Gasteiger partial charge is 0.478 e. The maximum Gasteiger partial charge on any atom is 0.335 e. The minimum Gasteiger partial charge on any atom is -0.478 e. The molecule has 1 aromatic heterocycles. The van der Waals surface area contributed by atoms with Gasteiger partial charge in [-0.3, -0.25) is 4.79 Å². The van der Waals surface area contributed by atoms with Gasteiger partial charge in [-0.25, -0.2) is 4.79 Å². The summed E-state index contributed by atoms with van der Waals surface area (Å²) in [6.45, 7) is 0. The van der Waals surface area contributed by atoms with E-state index in [1.165, 1.54) is 29.1 Å². The number of aromatic nitrogens is 2. The summed E-state index contributed by atoms with van der Waals surface area (Å²) in [6.07, 6.45) is 1.50. The van der Waals surface area contributed by atoms with Crippen molar-refractivity contribution in [2.24, 2.45) is 0 Å². The van der Waals surface area contributed by atoms with Crippen molar-refractivity contribution >= 4 is 16.7 Å². The van der Waals surface area contributed by atoms with Gasteiger partial charge in [0.15, 0.2) is 0 Å². The Morgan fingerprint density at radius 1 is 1.10 bits per heavy atom. The van der Waals surface area contributed by atoms with Crippen LogP contribution < -0.4 is 5.56 Å². The lowest BCUT2D eigenvalue weighted by atomic mass is 10.1. The lowest BCUT2D eigenvalue weighted by Gasteiger charge is -2.06. The zero-order valence-corrected chi connectivity index (χ0v) is 10.4. The van der Waals surface area contributed by atoms with Gasteiger partial charge in [-0.15, -0.1) is 0 Å². The summed E-state index contributed by atoms with van der Waals surface area (Å²) in [5.74, 6) is -1.03. The maximum atomic E-state index is 12.4. The second-order valence-electron chi connectivity index (χ2n) is 4.30. The standard InChI is InChI=1S/C15H10N2O3/c18-14-13-7-6-10(15(19)20)8-11(13)9-16-17(14)12-4-2-1-3-5-12/h1-9H,(H,19,20). The second-order valence-corrected chi connectivity index (χ2v) is 4.30. The Morgan fingerprint density at radius 3 is 2.55 bits per heavy atom. The fraction of sp³-hybridized carbons (Fsp3) is 0. The molecular weight excluding hydrogens is 256 g/mol. The number of para-hydroxylation sites is 1. The number of aromatic carboxylic acids is 1. The fourth-order valence-corrected chi connectivity index (χ4v) is 2.04. The molecule has 98 valence electrons. The van der Waals surface area contributed by atoms with Crippen LogP contribution in [0.4, 0.5) is 0 Å². The minimum absolute atomic E-state index is 0.135. The molecule has 0 amide bonds. The number of carbonyl (C=O) groups is 1. The summed E-state index contributed by atoms with van der Waals surface area (Å²) in [5, 5.41) is 14.0. The summed E-state index contributed by atoms with van der Waals surface area (Å²) in [4.78, 5) is 23.3. The van der Waals surface area contributed by atoms with Gasteiger partial charge in [0.25, 0.3) is 5.56 Å². The molecule has 0 bridgehead atoms. The van der Waals surface area contributed by atoms with Gasteiger partial charge >= 0.3 is 5.97 Å². The summed E-state index contributed by atoms with van der Waals surface area (Å²) < 4.78 is 1.29. The van der Waals surface area contributed by atoms with Gasteiger partial charge in [-0.1, -0.05) is 18.2 Å². The molecule has 5 heteroatoms. The molecule has 2 aromatic carbocycles. The molecule has 0 aliphatic rings. The smallest absolute Gasteiger partial charge is 0.335 e. The van der Waals surface area contributed by atoms with E-state index < -0.39 is 5.97 Å². The zero-order valence-electron chi connectivity index (χ0n) is 10.4.